The first-order valence-electron chi connectivity index (χ1n) is 5.12. The van der Waals surface area contributed by atoms with Crippen molar-refractivity contribution in [2.45, 2.75) is 0 Å². The largest absolute Gasteiger partial charge is 0.277 e. The quantitative estimate of drug-likeness (QED) is 0.723. The van der Waals surface area contributed by atoms with Crippen molar-refractivity contribution in [3.05, 3.63) is 40.9 Å². The zero-order valence-electron chi connectivity index (χ0n) is 9.29. The van der Waals surface area contributed by atoms with Crippen molar-refractivity contribution in [2.75, 3.05) is 7.05 Å². The highest BCUT2D eigenvalue weighted by molar-refractivity contribution is 6.28. The van der Waals surface area contributed by atoms with Crippen LogP contribution in [-0.2, 0) is 0 Å². The number of halogens is 1. The molecule has 90 valence electrons. The zero-order valence-corrected chi connectivity index (χ0v) is 10.0. The van der Waals surface area contributed by atoms with Gasteiger partial charge in [-0.05, 0) is 29.8 Å². The molecule has 0 fully saturated rings. The second-order valence-corrected chi connectivity index (χ2v) is 4.21. The van der Waals surface area contributed by atoms with Crippen LogP contribution in [0.3, 0.4) is 0 Å². The molecule has 1 aliphatic rings. The molecule has 1 aromatic heterocycles. The number of carbonyl (C=O) groups is 2. The van der Waals surface area contributed by atoms with E-state index in [0.29, 0.717) is 16.8 Å². The predicted molar refractivity (Wildman–Crippen MR) is 62.8 cm³/mol. The van der Waals surface area contributed by atoms with Crippen LogP contribution in [0.15, 0.2) is 24.5 Å². The van der Waals surface area contributed by atoms with Crippen LogP contribution < -0.4 is 0 Å². The van der Waals surface area contributed by atoms with Crippen LogP contribution in [-0.4, -0.2) is 38.5 Å². The number of nitrogens with zero attached hydrogens (tertiary/aromatic N) is 4. The average Bonchev–Trinajstić information content (AvgIpc) is 2.89. The fraction of sp³-hybridized carbons (Fsp3) is 0.0909. The standard InChI is InChI=1S/C11H7ClN4O2/c1-15-9(17)7-3-2-6(4-8(7)10(15)18)16-5-13-14-11(16)12/h2-5H,1H3. The SMILES string of the molecule is CN1C(=O)c2ccc(-n3cnnc3Cl)cc2C1=O. The lowest BCUT2D eigenvalue weighted by molar-refractivity contribution is 0.0693. The van der Waals surface area contributed by atoms with E-state index in [2.05, 4.69) is 10.2 Å². The minimum atomic E-state index is -0.318. The Morgan fingerprint density at radius 1 is 1.17 bits per heavy atom. The van der Waals surface area contributed by atoms with Crippen molar-refractivity contribution < 1.29 is 9.59 Å². The Morgan fingerprint density at radius 2 is 1.89 bits per heavy atom. The Bertz CT molecular complexity index is 679. The second kappa shape index (κ2) is 3.64. The molecule has 0 N–H and O–H groups in total. The van der Waals surface area contributed by atoms with Gasteiger partial charge >= 0.3 is 0 Å². The molecule has 0 atom stereocenters. The number of rotatable bonds is 1. The number of aromatic nitrogens is 3. The Morgan fingerprint density at radius 3 is 2.56 bits per heavy atom. The van der Waals surface area contributed by atoms with E-state index in [1.807, 2.05) is 0 Å². The second-order valence-electron chi connectivity index (χ2n) is 3.87. The van der Waals surface area contributed by atoms with Crippen LogP contribution in [0.2, 0.25) is 5.28 Å². The topological polar surface area (TPSA) is 68.1 Å². The van der Waals surface area contributed by atoms with Crippen LogP contribution in [0.5, 0.6) is 0 Å². The number of hydrogen-bond acceptors (Lipinski definition) is 4. The summed E-state index contributed by atoms with van der Waals surface area (Å²) in [5.74, 6) is -0.613. The molecule has 0 aliphatic carbocycles. The number of benzene rings is 1. The van der Waals surface area contributed by atoms with Gasteiger partial charge in [-0.1, -0.05) is 0 Å². The lowest BCUT2D eigenvalue weighted by Crippen LogP contribution is -2.24. The predicted octanol–water partition coefficient (Wildman–Crippen LogP) is 1.15. The van der Waals surface area contributed by atoms with Crippen molar-refractivity contribution in [1.29, 1.82) is 0 Å². The minimum absolute atomic E-state index is 0.195. The van der Waals surface area contributed by atoms with Gasteiger partial charge < -0.3 is 0 Å². The Labute approximate surface area is 107 Å². The molecule has 2 amide bonds. The summed E-state index contributed by atoms with van der Waals surface area (Å²) in [6.07, 6.45) is 1.44. The number of amides is 2. The van der Waals surface area contributed by atoms with E-state index in [1.165, 1.54) is 17.9 Å². The van der Waals surface area contributed by atoms with Gasteiger partial charge in [-0.3, -0.25) is 19.1 Å². The normalized spacial score (nSPS) is 14.2. The number of fused-ring (bicyclic) bond motifs is 1. The van der Waals surface area contributed by atoms with Crippen molar-refractivity contribution in [2.24, 2.45) is 0 Å². The summed E-state index contributed by atoms with van der Waals surface area (Å²) >= 11 is 5.85. The lowest BCUT2D eigenvalue weighted by atomic mass is 10.1. The van der Waals surface area contributed by atoms with Crippen LogP contribution in [0.1, 0.15) is 20.7 Å². The van der Waals surface area contributed by atoms with Crippen molar-refractivity contribution in [1.82, 2.24) is 19.7 Å². The highest BCUT2D eigenvalue weighted by Crippen LogP contribution is 2.25. The first kappa shape index (κ1) is 10.9. The third kappa shape index (κ3) is 1.36. The molecular weight excluding hydrogens is 256 g/mol. The minimum Gasteiger partial charge on any atom is -0.277 e. The molecule has 0 bridgehead atoms. The summed E-state index contributed by atoms with van der Waals surface area (Å²) in [6.45, 7) is 0. The van der Waals surface area contributed by atoms with E-state index in [1.54, 1.807) is 18.2 Å². The van der Waals surface area contributed by atoms with Crippen molar-refractivity contribution in [3.63, 3.8) is 0 Å². The van der Waals surface area contributed by atoms with Crippen LogP contribution in [0, 0.1) is 0 Å². The van der Waals surface area contributed by atoms with Crippen LogP contribution in [0.4, 0.5) is 0 Å². The molecular formula is C11H7ClN4O2. The number of imide groups is 1. The average molecular weight is 263 g/mol. The van der Waals surface area contributed by atoms with Gasteiger partial charge in [-0.2, -0.15) is 0 Å². The van der Waals surface area contributed by atoms with Crippen LogP contribution >= 0.6 is 11.6 Å². The lowest BCUT2D eigenvalue weighted by Gasteiger charge is -2.03. The molecule has 1 aromatic carbocycles. The van der Waals surface area contributed by atoms with E-state index in [-0.39, 0.29) is 17.1 Å². The fourth-order valence-electron chi connectivity index (χ4n) is 1.89. The monoisotopic (exact) mass is 262 g/mol. The maximum Gasteiger partial charge on any atom is 0.261 e. The maximum atomic E-state index is 11.8. The third-order valence-corrected chi connectivity index (χ3v) is 3.12. The van der Waals surface area contributed by atoms with Gasteiger partial charge in [-0.25, -0.2) is 0 Å². The van der Waals surface area contributed by atoms with Gasteiger partial charge in [0.1, 0.15) is 6.33 Å². The highest BCUT2D eigenvalue weighted by atomic mass is 35.5. The number of hydrogen-bond donors (Lipinski definition) is 0. The van der Waals surface area contributed by atoms with E-state index < -0.39 is 0 Å². The molecule has 6 nitrogen and oxygen atoms in total. The van der Waals surface area contributed by atoms with Gasteiger partial charge in [0.15, 0.2) is 0 Å². The molecule has 2 aromatic rings. The van der Waals surface area contributed by atoms with E-state index in [0.717, 1.165) is 4.90 Å². The summed E-state index contributed by atoms with van der Waals surface area (Å²) in [5, 5.41) is 7.51. The van der Waals surface area contributed by atoms with E-state index in [4.69, 9.17) is 11.6 Å². The molecule has 7 heteroatoms. The summed E-state index contributed by atoms with van der Waals surface area (Å²) in [5.41, 5.74) is 1.40. The number of carbonyl (C=O) groups excluding carboxylic acids is 2. The van der Waals surface area contributed by atoms with Gasteiger partial charge in [0.2, 0.25) is 5.28 Å². The zero-order chi connectivity index (χ0) is 12.9. The molecule has 18 heavy (non-hydrogen) atoms. The van der Waals surface area contributed by atoms with Gasteiger partial charge in [-0.15, -0.1) is 10.2 Å². The summed E-state index contributed by atoms with van der Waals surface area (Å²) in [7, 11) is 1.45. The smallest absolute Gasteiger partial charge is 0.261 e. The first-order chi connectivity index (χ1) is 8.59. The molecule has 0 saturated heterocycles. The van der Waals surface area contributed by atoms with Crippen molar-refractivity contribution in [3.8, 4) is 5.69 Å². The molecule has 0 spiro atoms. The molecule has 0 saturated carbocycles. The highest BCUT2D eigenvalue weighted by Gasteiger charge is 2.32. The fourth-order valence-corrected chi connectivity index (χ4v) is 2.08. The van der Waals surface area contributed by atoms with Crippen molar-refractivity contribution >= 4 is 23.4 Å². The van der Waals surface area contributed by atoms with E-state index in [9.17, 15) is 9.59 Å². The van der Waals surface area contributed by atoms with E-state index >= 15 is 0 Å². The maximum absolute atomic E-state index is 11.8. The molecule has 1 aliphatic heterocycles. The molecule has 3 rings (SSSR count). The summed E-state index contributed by atoms with van der Waals surface area (Å²) in [6, 6.07) is 4.90. The van der Waals surface area contributed by atoms with Crippen LogP contribution in [0.25, 0.3) is 5.69 Å². The molecule has 2 heterocycles. The van der Waals surface area contributed by atoms with Gasteiger partial charge in [0.25, 0.3) is 11.8 Å². The first-order valence-corrected chi connectivity index (χ1v) is 5.49. The Hall–Kier alpha value is -2.21. The van der Waals surface area contributed by atoms with Gasteiger partial charge in [0.05, 0.1) is 16.8 Å². The van der Waals surface area contributed by atoms with Gasteiger partial charge in [0, 0.05) is 7.05 Å². The molecule has 0 radical (unpaired) electrons. The Balaban J connectivity index is 2.17. The molecule has 0 unspecified atom stereocenters. The Kier molecular flexibility index (Phi) is 2.21. The summed E-state index contributed by atoms with van der Waals surface area (Å²) < 4.78 is 1.53. The third-order valence-electron chi connectivity index (χ3n) is 2.86. The summed E-state index contributed by atoms with van der Waals surface area (Å²) in [4.78, 5) is 24.7.